The molecule has 144 valence electrons. The van der Waals surface area contributed by atoms with Crippen LogP contribution >= 0.6 is 0 Å². The van der Waals surface area contributed by atoms with Crippen molar-refractivity contribution < 1.29 is 19.4 Å². The lowest BCUT2D eigenvalue weighted by Gasteiger charge is -2.40. The lowest BCUT2D eigenvalue weighted by molar-refractivity contribution is -0.00360. The number of piperidine rings is 1. The quantitative estimate of drug-likeness (QED) is 0.812. The maximum atomic E-state index is 12.0. The zero-order valence-electron chi connectivity index (χ0n) is 15.8. The molecule has 1 aliphatic carbocycles. The van der Waals surface area contributed by atoms with E-state index in [9.17, 15) is 9.90 Å². The fraction of sp³-hybridized carbons (Fsp3) is 0.700. The van der Waals surface area contributed by atoms with Crippen molar-refractivity contribution in [3.63, 3.8) is 0 Å². The second-order valence-corrected chi connectivity index (χ2v) is 7.48. The van der Waals surface area contributed by atoms with Gasteiger partial charge in [0.15, 0.2) is 0 Å². The van der Waals surface area contributed by atoms with Gasteiger partial charge in [0.2, 0.25) is 0 Å². The highest BCUT2D eigenvalue weighted by atomic mass is 16.5. The van der Waals surface area contributed by atoms with Crippen molar-refractivity contribution in [3.8, 4) is 0 Å². The summed E-state index contributed by atoms with van der Waals surface area (Å²) in [6, 6.07) is 3.45. The largest absolute Gasteiger partial charge is 0.465 e. The molecule has 2 heterocycles. The zero-order chi connectivity index (χ0) is 18.5. The Hall–Kier alpha value is -1.66. The van der Waals surface area contributed by atoms with Gasteiger partial charge in [0, 0.05) is 26.4 Å². The number of rotatable bonds is 5. The first kappa shape index (κ1) is 19.1. The number of aliphatic hydroxyl groups excluding tert-OH is 1. The van der Waals surface area contributed by atoms with Crippen LogP contribution in [0.4, 0.5) is 5.82 Å². The monoisotopic (exact) mass is 362 g/mol. The number of pyridine rings is 1. The van der Waals surface area contributed by atoms with E-state index >= 15 is 0 Å². The van der Waals surface area contributed by atoms with Crippen molar-refractivity contribution in [1.29, 1.82) is 0 Å². The van der Waals surface area contributed by atoms with Crippen LogP contribution in [0.1, 0.15) is 48.9 Å². The Morgan fingerprint density at radius 3 is 2.81 bits per heavy atom. The van der Waals surface area contributed by atoms with Crippen molar-refractivity contribution >= 4 is 11.8 Å². The minimum Gasteiger partial charge on any atom is -0.465 e. The second kappa shape index (κ2) is 8.82. The van der Waals surface area contributed by atoms with Crippen molar-refractivity contribution in [2.45, 2.75) is 50.7 Å². The molecule has 6 heteroatoms. The van der Waals surface area contributed by atoms with Crippen molar-refractivity contribution in [1.82, 2.24) is 4.98 Å². The van der Waals surface area contributed by atoms with E-state index in [1.54, 1.807) is 25.4 Å². The van der Waals surface area contributed by atoms with Gasteiger partial charge in [-0.1, -0.05) is 12.8 Å². The van der Waals surface area contributed by atoms with Crippen LogP contribution in [-0.4, -0.2) is 55.6 Å². The molecule has 1 saturated heterocycles. The van der Waals surface area contributed by atoms with Gasteiger partial charge in [0.25, 0.3) is 0 Å². The molecule has 1 saturated carbocycles. The Labute approximate surface area is 155 Å². The first-order valence-electron chi connectivity index (χ1n) is 9.63. The van der Waals surface area contributed by atoms with Crippen LogP contribution in [-0.2, 0) is 9.47 Å². The van der Waals surface area contributed by atoms with Crippen LogP contribution in [0, 0.1) is 11.8 Å². The highest BCUT2D eigenvalue weighted by Gasteiger charge is 2.34. The number of methoxy groups -OCH3 is 2. The third kappa shape index (κ3) is 4.18. The van der Waals surface area contributed by atoms with Gasteiger partial charge < -0.3 is 19.5 Å². The number of ether oxygens (including phenoxy) is 2. The van der Waals surface area contributed by atoms with E-state index in [0.29, 0.717) is 29.9 Å². The minimum absolute atomic E-state index is 0.275. The highest BCUT2D eigenvalue weighted by molar-refractivity contribution is 5.94. The minimum atomic E-state index is -0.421. The number of hydrogen-bond donors (Lipinski definition) is 1. The number of carbonyl (C=O) groups is 1. The molecule has 2 fully saturated rings. The fourth-order valence-corrected chi connectivity index (χ4v) is 4.51. The number of carbonyl (C=O) groups excluding carboxylic acids is 1. The Morgan fingerprint density at radius 1 is 1.27 bits per heavy atom. The Bertz CT molecular complexity index is 609. The van der Waals surface area contributed by atoms with Gasteiger partial charge in [0.05, 0.1) is 19.3 Å². The molecule has 1 aromatic heterocycles. The van der Waals surface area contributed by atoms with Gasteiger partial charge in [-0.2, -0.15) is 0 Å². The number of anilines is 1. The number of β-amino-alcohol motifs (C(OH)–C–C–N with tert-alkyl or cyclic N) is 1. The molecular weight excluding hydrogens is 332 g/mol. The van der Waals surface area contributed by atoms with Gasteiger partial charge in [-0.3, -0.25) is 0 Å². The number of hydrogen-bond acceptors (Lipinski definition) is 6. The topological polar surface area (TPSA) is 71.9 Å². The van der Waals surface area contributed by atoms with E-state index in [1.807, 2.05) is 4.90 Å². The summed E-state index contributed by atoms with van der Waals surface area (Å²) in [7, 11) is 3.17. The number of aliphatic hydroxyl groups is 1. The number of nitrogens with zero attached hydrogens (tertiary/aromatic N) is 2. The van der Waals surface area contributed by atoms with Gasteiger partial charge in [-0.15, -0.1) is 0 Å². The third-order valence-corrected chi connectivity index (χ3v) is 5.96. The summed E-state index contributed by atoms with van der Waals surface area (Å²) >= 11 is 0. The Kier molecular flexibility index (Phi) is 6.48. The number of esters is 1. The molecule has 26 heavy (non-hydrogen) atoms. The maximum absolute atomic E-state index is 12.0. The van der Waals surface area contributed by atoms with E-state index in [4.69, 9.17) is 9.47 Å². The molecule has 4 unspecified atom stereocenters. The van der Waals surface area contributed by atoms with Crippen molar-refractivity contribution in [2.75, 3.05) is 32.2 Å². The molecular formula is C20H30N2O4. The maximum Gasteiger partial charge on any atom is 0.341 e. The van der Waals surface area contributed by atoms with Gasteiger partial charge in [0.1, 0.15) is 11.4 Å². The molecule has 1 aromatic rings. The van der Waals surface area contributed by atoms with Gasteiger partial charge in [-0.05, 0) is 49.7 Å². The van der Waals surface area contributed by atoms with Gasteiger partial charge >= 0.3 is 5.97 Å². The van der Waals surface area contributed by atoms with Crippen LogP contribution < -0.4 is 4.90 Å². The molecule has 0 bridgehead atoms. The average molecular weight is 362 g/mol. The summed E-state index contributed by atoms with van der Waals surface area (Å²) < 4.78 is 10.5. The molecule has 1 aliphatic heterocycles. The van der Waals surface area contributed by atoms with E-state index in [1.165, 1.54) is 26.4 Å². The van der Waals surface area contributed by atoms with E-state index in [2.05, 4.69) is 4.98 Å². The summed E-state index contributed by atoms with van der Waals surface area (Å²) in [6.07, 6.45) is 8.31. The average Bonchev–Trinajstić information content (AvgIpc) is 2.69. The predicted molar refractivity (Wildman–Crippen MR) is 99.3 cm³/mol. The summed E-state index contributed by atoms with van der Waals surface area (Å²) in [4.78, 5) is 18.4. The van der Waals surface area contributed by atoms with Crippen molar-refractivity contribution in [3.05, 3.63) is 23.9 Å². The molecule has 2 aliphatic rings. The van der Waals surface area contributed by atoms with Crippen LogP contribution in [0.25, 0.3) is 0 Å². The molecule has 3 rings (SSSR count). The van der Waals surface area contributed by atoms with Crippen LogP contribution in [0.2, 0.25) is 0 Å². The summed E-state index contributed by atoms with van der Waals surface area (Å²) in [6.45, 7) is 1.28. The molecule has 4 atom stereocenters. The van der Waals surface area contributed by atoms with Crippen LogP contribution in [0.3, 0.4) is 0 Å². The summed E-state index contributed by atoms with van der Waals surface area (Å²) in [5, 5.41) is 10.8. The molecule has 1 N–H and O–H groups in total. The predicted octanol–water partition coefficient (Wildman–Crippen LogP) is 2.65. The molecule has 6 nitrogen and oxygen atoms in total. The standard InChI is InChI=1S/C20H30N2O4/c1-25-18-8-4-3-6-15(18)12-14-9-11-22(13-17(14)23)19-16(20(24)26-2)7-5-10-21-19/h5,7,10,14-15,17-18,23H,3-4,6,8-9,11-13H2,1-2H3. The lowest BCUT2D eigenvalue weighted by Crippen LogP contribution is -2.46. The molecule has 0 radical (unpaired) electrons. The van der Waals surface area contributed by atoms with Crippen LogP contribution in [0.15, 0.2) is 18.3 Å². The highest BCUT2D eigenvalue weighted by Crippen LogP contribution is 2.35. The lowest BCUT2D eigenvalue weighted by atomic mass is 9.77. The van der Waals surface area contributed by atoms with E-state index < -0.39 is 12.1 Å². The third-order valence-electron chi connectivity index (χ3n) is 5.96. The normalized spacial score (nSPS) is 29.4. The Balaban J connectivity index is 1.65. The molecule has 0 amide bonds. The van der Waals surface area contributed by atoms with E-state index in [0.717, 1.165) is 25.8 Å². The Morgan fingerprint density at radius 2 is 2.08 bits per heavy atom. The first-order chi connectivity index (χ1) is 12.6. The second-order valence-electron chi connectivity index (χ2n) is 7.48. The SMILES string of the molecule is COC(=O)c1cccnc1N1CCC(CC2CCCCC2OC)C(O)C1. The molecule has 0 aromatic carbocycles. The van der Waals surface area contributed by atoms with Crippen molar-refractivity contribution in [2.24, 2.45) is 11.8 Å². The zero-order valence-corrected chi connectivity index (χ0v) is 15.8. The molecule has 0 spiro atoms. The summed E-state index contributed by atoms with van der Waals surface area (Å²) in [5.74, 6) is 1.02. The first-order valence-corrected chi connectivity index (χ1v) is 9.63. The van der Waals surface area contributed by atoms with E-state index in [-0.39, 0.29) is 5.92 Å². The summed E-state index contributed by atoms with van der Waals surface area (Å²) in [5.41, 5.74) is 0.451. The van der Waals surface area contributed by atoms with Gasteiger partial charge in [-0.25, -0.2) is 9.78 Å². The fourth-order valence-electron chi connectivity index (χ4n) is 4.51. The smallest absolute Gasteiger partial charge is 0.341 e. The van der Waals surface area contributed by atoms with Crippen LogP contribution in [0.5, 0.6) is 0 Å². The number of aromatic nitrogens is 1.